The van der Waals surface area contributed by atoms with Crippen LogP contribution in [0, 0.1) is 12.8 Å². The molecule has 2 aliphatic heterocycles. The van der Waals surface area contributed by atoms with Crippen LogP contribution in [-0.2, 0) is 0 Å². The van der Waals surface area contributed by atoms with E-state index < -0.39 is 0 Å². The summed E-state index contributed by atoms with van der Waals surface area (Å²) in [7, 11) is 0. The molecule has 1 aromatic rings. The molecule has 0 bridgehead atoms. The van der Waals surface area contributed by atoms with Crippen LogP contribution in [0.1, 0.15) is 50.2 Å². The van der Waals surface area contributed by atoms with Gasteiger partial charge in [0.1, 0.15) is 11.6 Å². The Hall–Kier alpha value is -1.16. The van der Waals surface area contributed by atoms with Crippen molar-refractivity contribution < 1.29 is 0 Å². The van der Waals surface area contributed by atoms with E-state index in [1.54, 1.807) is 0 Å². The number of nitrogens with one attached hydrogen (secondary N) is 1. The lowest BCUT2D eigenvalue weighted by atomic mass is 9.99. The normalized spacial score (nSPS) is 24.9. The molecule has 0 aliphatic carbocycles. The van der Waals surface area contributed by atoms with Gasteiger partial charge in [-0.1, -0.05) is 6.92 Å². The zero-order valence-electron chi connectivity index (χ0n) is 12.0. The van der Waals surface area contributed by atoms with Crippen molar-refractivity contribution in [2.45, 2.75) is 45.6 Å². The molecule has 2 fully saturated rings. The van der Waals surface area contributed by atoms with Crippen LogP contribution in [0.5, 0.6) is 0 Å². The molecule has 4 nitrogen and oxygen atoms in total. The Morgan fingerprint density at radius 1 is 1.21 bits per heavy atom. The number of hydrogen-bond acceptors (Lipinski definition) is 4. The van der Waals surface area contributed by atoms with Gasteiger partial charge in [-0.05, 0) is 45.1 Å². The van der Waals surface area contributed by atoms with Crippen molar-refractivity contribution in [2.24, 2.45) is 5.92 Å². The highest BCUT2D eigenvalue weighted by Gasteiger charge is 2.22. The van der Waals surface area contributed by atoms with Gasteiger partial charge < -0.3 is 10.2 Å². The largest absolute Gasteiger partial charge is 0.356 e. The zero-order chi connectivity index (χ0) is 13.2. The summed E-state index contributed by atoms with van der Waals surface area (Å²) in [5.74, 6) is 2.89. The number of aryl methyl sites for hydroxylation is 1. The van der Waals surface area contributed by atoms with Crippen LogP contribution in [-0.4, -0.2) is 29.6 Å². The summed E-state index contributed by atoms with van der Waals surface area (Å²) < 4.78 is 0. The third kappa shape index (κ3) is 2.89. The lowest BCUT2D eigenvalue weighted by Crippen LogP contribution is -2.33. The Kier molecular flexibility index (Phi) is 3.69. The Morgan fingerprint density at radius 2 is 2.00 bits per heavy atom. The average molecular weight is 260 g/mol. The Morgan fingerprint density at radius 3 is 2.68 bits per heavy atom. The molecule has 2 aliphatic rings. The summed E-state index contributed by atoms with van der Waals surface area (Å²) in [6, 6.07) is 2.63. The molecule has 0 unspecified atom stereocenters. The number of piperidine rings is 1. The van der Waals surface area contributed by atoms with Crippen molar-refractivity contribution in [3.63, 3.8) is 0 Å². The lowest BCUT2D eigenvalue weighted by Gasteiger charge is -2.31. The molecule has 3 heterocycles. The van der Waals surface area contributed by atoms with Crippen LogP contribution in [0.4, 0.5) is 5.82 Å². The smallest absolute Gasteiger partial charge is 0.132 e. The van der Waals surface area contributed by atoms with Gasteiger partial charge in [-0.25, -0.2) is 9.97 Å². The molecular formula is C15H24N4. The fourth-order valence-corrected chi connectivity index (χ4v) is 3.09. The molecule has 0 saturated carbocycles. The standard InChI is InChI=1S/C15H24N4/c1-11-5-8-19(9-6-11)15-10-14(17-12(2)18-15)13-4-3-7-16-13/h10-11,13,16H,3-9H2,1-2H3/t13-/m0/s1. The predicted molar refractivity (Wildman–Crippen MR) is 77.4 cm³/mol. The summed E-state index contributed by atoms with van der Waals surface area (Å²) in [6.07, 6.45) is 5.01. The maximum atomic E-state index is 4.64. The topological polar surface area (TPSA) is 41.1 Å². The number of nitrogens with zero attached hydrogens (tertiary/aromatic N) is 3. The van der Waals surface area contributed by atoms with E-state index in [4.69, 9.17) is 0 Å². The maximum Gasteiger partial charge on any atom is 0.132 e. The van der Waals surface area contributed by atoms with Crippen LogP contribution in [0.2, 0.25) is 0 Å². The maximum absolute atomic E-state index is 4.64. The minimum Gasteiger partial charge on any atom is -0.356 e. The van der Waals surface area contributed by atoms with Gasteiger partial charge in [-0.3, -0.25) is 0 Å². The van der Waals surface area contributed by atoms with Crippen LogP contribution in [0.15, 0.2) is 6.07 Å². The third-order valence-corrected chi connectivity index (χ3v) is 4.37. The third-order valence-electron chi connectivity index (χ3n) is 4.37. The van der Waals surface area contributed by atoms with Gasteiger partial charge >= 0.3 is 0 Å². The Labute approximate surface area is 115 Å². The number of hydrogen-bond donors (Lipinski definition) is 1. The van der Waals surface area contributed by atoms with Crippen LogP contribution in [0.25, 0.3) is 0 Å². The first-order valence-electron chi connectivity index (χ1n) is 7.56. The molecule has 104 valence electrons. The van der Waals surface area contributed by atoms with E-state index in [-0.39, 0.29) is 0 Å². The molecule has 0 radical (unpaired) electrons. The lowest BCUT2D eigenvalue weighted by molar-refractivity contribution is 0.436. The number of anilines is 1. The minimum atomic E-state index is 0.434. The van der Waals surface area contributed by atoms with Crippen molar-refractivity contribution in [2.75, 3.05) is 24.5 Å². The van der Waals surface area contributed by atoms with Gasteiger partial charge in [-0.15, -0.1) is 0 Å². The molecule has 0 spiro atoms. The summed E-state index contributed by atoms with van der Waals surface area (Å²) >= 11 is 0. The highest BCUT2D eigenvalue weighted by atomic mass is 15.2. The zero-order valence-corrected chi connectivity index (χ0v) is 12.0. The SMILES string of the molecule is Cc1nc([C@@H]2CCCN2)cc(N2CCC(C)CC2)n1. The van der Waals surface area contributed by atoms with Gasteiger partial charge in [-0.2, -0.15) is 0 Å². The first-order valence-corrected chi connectivity index (χ1v) is 7.56. The van der Waals surface area contributed by atoms with E-state index in [0.717, 1.165) is 37.2 Å². The van der Waals surface area contributed by atoms with Gasteiger partial charge in [0.25, 0.3) is 0 Å². The van der Waals surface area contributed by atoms with Gasteiger partial charge in [0.15, 0.2) is 0 Å². The predicted octanol–water partition coefficient (Wildman–Crippen LogP) is 2.45. The van der Waals surface area contributed by atoms with Crippen molar-refractivity contribution in [1.29, 1.82) is 0 Å². The molecular weight excluding hydrogens is 236 g/mol. The minimum absolute atomic E-state index is 0.434. The van der Waals surface area contributed by atoms with E-state index in [2.05, 4.69) is 33.2 Å². The van der Waals surface area contributed by atoms with Crippen molar-refractivity contribution >= 4 is 5.82 Å². The van der Waals surface area contributed by atoms with Gasteiger partial charge in [0, 0.05) is 25.2 Å². The first kappa shape index (κ1) is 12.9. The Bertz CT molecular complexity index is 432. The van der Waals surface area contributed by atoms with E-state index in [9.17, 15) is 0 Å². The van der Waals surface area contributed by atoms with Gasteiger partial charge in [0.2, 0.25) is 0 Å². The molecule has 1 atom stereocenters. The van der Waals surface area contributed by atoms with Crippen molar-refractivity contribution in [3.8, 4) is 0 Å². The van der Waals surface area contributed by atoms with Gasteiger partial charge in [0.05, 0.1) is 5.69 Å². The fraction of sp³-hybridized carbons (Fsp3) is 0.733. The number of rotatable bonds is 2. The first-order chi connectivity index (χ1) is 9.22. The van der Waals surface area contributed by atoms with E-state index in [1.165, 1.54) is 31.4 Å². The Balaban J connectivity index is 1.80. The molecule has 2 saturated heterocycles. The molecule has 1 N–H and O–H groups in total. The highest BCUT2D eigenvalue weighted by Crippen LogP contribution is 2.26. The van der Waals surface area contributed by atoms with E-state index >= 15 is 0 Å². The summed E-state index contributed by atoms with van der Waals surface area (Å²) in [4.78, 5) is 11.7. The van der Waals surface area contributed by atoms with E-state index in [1.807, 2.05) is 6.92 Å². The molecule has 19 heavy (non-hydrogen) atoms. The summed E-state index contributed by atoms with van der Waals surface area (Å²) in [5.41, 5.74) is 1.18. The molecule has 3 rings (SSSR count). The summed E-state index contributed by atoms with van der Waals surface area (Å²) in [6.45, 7) is 7.74. The second kappa shape index (κ2) is 5.45. The van der Waals surface area contributed by atoms with Crippen LogP contribution >= 0.6 is 0 Å². The van der Waals surface area contributed by atoms with Crippen LogP contribution < -0.4 is 10.2 Å². The van der Waals surface area contributed by atoms with E-state index in [0.29, 0.717) is 6.04 Å². The quantitative estimate of drug-likeness (QED) is 0.887. The molecule has 0 aromatic carbocycles. The monoisotopic (exact) mass is 260 g/mol. The highest BCUT2D eigenvalue weighted by molar-refractivity contribution is 5.41. The number of aromatic nitrogens is 2. The molecule has 0 amide bonds. The summed E-state index contributed by atoms with van der Waals surface area (Å²) in [5, 5.41) is 3.53. The molecule has 4 heteroatoms. The fourth-order valence-electron chi connectivity index (χ4n) is 3.09. The second-order valence-corrected chi connectivity index (χ2v) is 6.02. The van der Waals surface area contributed by atoms with Crippen LogP contribution in [0.3, 0.4) is 0 Å². The van der Waals surface area contributed by atoms with Crippen molar-refractivity contribution in [3.05, 3.63) is 17.6 Å². The second-order valence-electron chi connectivity index (χ2n) is 6.02. The molecule has 1 aromatic heterocycles. The average Bonchev–Trinajstić information content (AvgIpc) is 2.93. The van der Waals surface area contributed by atoms with Crippen molar-refractivity contribution in [1.82, 2.24) is 15.3 Å².